The molecule has 208 valence electrons. The van der Waals surface area contributed by atoms with Gasteiger partial charge in [-0.3, -0.25) is 14.3 Å². The van der Waals surface area contributed by atoms with Gasteiger partial charge in [0.1, 0.15) is 17.0 Å². The number of H-pyrrole nitrogens is 1. The molecule has 0 saturated carbocycles. The summed E-state index contributed by atoms with van der Waals surface area (Å²) in [5, 5.41) is 11.6. The fourth-order valence-electron chi connectivity index (χ4n) is 5.31. The number of ether oxygens (including phenoxy) is 2. The van der Waals surface area contributed by atoms with Crippen LogP contribution in [-0.4, -0.2) is 52.0 Å². The van der Waals surface area contributed by atoms with Gasteiger partial charge >= 0.3 is 6.36 Å². The van der Waals surface area contributed by atoms with Crippen molar-refractivity contribution in [1.29, 1.82) is 0 Å². The molecule has 2 aromatic carbocycles. The van der Waals surface area contributed by atoms with Crippen LogP contribution in [0.3, 0.4) is 0 Å². The number of carbonyl (C=O) groups is 1. The highest BCUT2D eigenvalue weighted by Gasteiger charge is 2.36. The minimum Gasteiger partial charge on any atom is -0.406 e. The van der Waals surface area contributed by atoms with E-state index in [1.54, 1.807) is 15.6 Å². The zero-order chi connectivity index (χ0) is 28.2. The van der Waals surface area contributed by atoms with Gasteiger partial charge in [-0.1, -0.05) is 25.1 Å². The predicted molar refractivity (Wildman–Crippen MR) is 140 cm³/mol. The highest BCUT2D eigenvalue weighted by Crippen LogP contribution is 2.37. The molecule has 40 heavy (non-hydrogen) atoms. The molecule has 0 bridgehead atoms. The highest BCUT2D eigenvalue weighted by molar-refractivity contribution is 6.01. The molecule has 3 N–H and O–H groups in total. The molecule has 1 amide bonds. The lowest BCUT2D eigenvalue weighted by atomic mass is 9.89. The molecule has 2 aliphatic rings. The Morgan fingerprint density at radius 1 is 1.23 bits per heavy atom. The van der Waals surface area contributed by atoms with Crippen molar-refractivity contribution in [1.82, 2.24) is 20.0 Å². The lowest BCUT2D eigenvalue weighted by molar-refractivity contribution is -0.274. The van der Waals surface area contributed by atoms with E-state index in [1.807, 2.05) is 18.2 Å². The summed E-state index contributed by atoms with van der Waals surface area (Å²) in [6.45, 7) is 4.07. The summed E-state index contributed by atoms with van der Waals surface area (Å²) in [6.07, 6.45) is -4.32. The van der Waals surface area contributed by atoms with E-state index in [2.05, 4.69) is 21.9 Å². The molecule has 0 radical (unpaired) electrons. The van der Waals surface area contributed by atoms with Gasteiger partial charge in [0.2, 0.25) is 5.91 Å². The second kappa shape index (κ2) is 9.37. The summed E-state index contributed by atoms with van der Waals surface area (Å²) < 4.78 is 48.8. The number of alkyl halides is 3. The van der Waals surface area contributed by atoms with Gasteiger partial charge in [-0.15, -0.1) is 13.2 Å². The number of nitrogens with one attached hydrogen (secondary N) is 1. The van der Waals surface area contributed by atoms with Crippen molar-refractivity contribution in [2.75, 3.05) is 30.4 Å². The molecular weight excluding hydrogens is 529 g/mol. The Kier molecular flexibility index (Phi) is 6.06. The van der Waals surface area contributed by atoms with Crippen LogP contribution in [0, 0.1) is 5.41 Å². The van der Waals surface area contributed by atoms with E-state index >= 15 is 0 Å². The second-order valence-corrected chi connectivity index (χ2v) is 10.5. The maximum atomic E-state index is 13.1. The van der Waals surface area contributed by atoms with Crippen LogP contribution in [0.1, 0.15) is 18.1 Å². The third-order valence-corrected chi connectivity index (χ3v) is 7.17. The number of nitrogens with two attached hydrogens (primary N) is 1. The maximum absolute atomic E-state index is 13.1. The molecule has 13 heteroatoms. The number of anilines is 2. The van der Waals surface area contributed by atoms with Crippen molar-refractivity contribution >= 4 is 28.3 Å². The Balaban J connectivity index is 1.29. The highest BCUT2D eigenvalue weighted by atomic mass is 19.4. The molecule has 10 nitrogen and oxygen atoms in total. The van der Waals surface area contributed by atoms with E-state index in [1.165, 1.54) is 18.2 Å². The van der Waals surface area contributed by atoms with Crippen molar-refractivity contribution in [2.24, 2.45) is 5.41 Å². The van der Waals surface area contributed by atoms with Crippen molar-refractivity contribution in [2.45, 2.75) is 32.7 Å². The number of hydrogen-bond acceptors (Lipinski definition) is 7. The minimum absolute atomic E-state index is 0.0846. The quantitative estimate of drug-likeness (QED) is 0.374. The van der Waals surface area contributed by atoms with E-state index < -0.39 is 11.9 Å². The minimum atomic E-state index is -4.81. The average molecular weight is 555 g/mol. The van der Waals surface area contributed by atoms with E-state index in [9.17, 15) is 22.8 Å². The summed E-state index contributed by atoms with van der Waals surface area (Å²) in [7, 11) is 0. The van der Waals surface area contributed by atoms with Crippen molar-refractivity contribution in [3.8, 4) is 17.0 Å². The van der Waals surface area contributed by atoms with Crippen LogP contribution in [0.4, 0.5) is 24.7 Å². The molecular formula is C27H25F3N6O4. The van der Waals surface area contributed by atoms with Crippen LogP contribution in [0.2, 0.25) is 0 Å². The number of amides is 1. The van der Waals surface area contributed by atoms with Gasteiger partial charge in [0.15, 0.2) is 5.82 Å². The number of aromatic amines is 1. The van der Waals surface area contributed by atoms with Crippen LogP contribution >= 0.6 is 0 Å². The normalized spacial score (nSPS) is 16.1. The molecule has 1 saturated heterocycles. The number of nitrogen functional groups attached to an aromatic ring is 1. The molecule has 2 aliphatic heterocycles. The van der Waals surface area contributed by atoms with Crippen LogP contribution in [0.5, 0.6) is 5.75 Å². The first-order chi connectivity index (χ1) is 19.0. The summed E-state index contributed by atoms with van der Waals surface area (Å²) in [4.78, 5) is 27.5. The molecule has 4 heterocycles. The summed E-state index contributed by atoms with van der Waals surface area (Å²) >= 11 is 0. The topological polar surface area (TPSA) is 128 Å². The molecule has 1 fully saturated rings. The SMILES string of the molecule is CC1(Cn2nc(-c3ccc4c(c3)CCN4C(=O)Cc3cccc(OC(F)(F)F)c3)c3c(N)n[nH]c(=O)c32)COC1. The third-order valence-electron chi connectivity index (χ3n) is 7.17. The van der Waals surface area contributed by atoms with Crippen molar-refractivity contribution in [3.63, 3.8) is 0 Å². The number of hydrogen-bond donors (Lipinski definition) is 2. The fraction of sp³-hybridized carbons (Fsp3) is 0.333. The summed E-state index contributed by atoms with van der Waals surface area (Å²) in [5.41, 5.74) is 9.25. The number of carbonyl (C=O) groups excluding carboxylic acids is 1. The largest absolute Gasteiger partial charge is 0.573 e. The smallest absolute Gasteiger partial charge is 0.406 e. The first kappa shape index (κ1) is 25.9. The molecule has 0 unspecified atom stereocenters. The van der Waals surface area contributed by atoms with Crippen molar-refractivity contribution in [3.05, 3.63) is 63.9 Å². The predicted octanol–water partition coefficient (Wildman–Crippen LogP) is 3.44. The number of benzene rings is 2. The number of rotatable bonds is 6. The van der Waals surface area contributed by atoms with Gasteiger partial charge in [0, 0.05) is 23.2 Å². The van der Waals surface area contributed by atoms with Gasteiger partial charge < -0.3 is 20.1 Å². The molecule has 6 rings (SSSR count). The van der Waals surface area contributed by atoms with Crippen molar-refractivity contribution < 1.29 is 27.4 Å². The van der Waals surface area contributed by atoms with Crippen LogP contribution < -0.4 is 20.9 Å². The molecule has 0 spiro atoms. The lowest BCUT2D eigenvalue weighted by Crippen LogP contribution is -2.43. The fourth-order valence-corrected chi connectivity index (χ4v) is 5.31. The number of halogens is 3. The Bertz CT molecular complexity index is 1690. The zero-order valence-electron chi connectivity index (χ0n) is 21.4. The molecule has 0 atom stereocenters. The average Bonchev–Trinajstić information content (AvgIpc) is 3.46. The van der Waals surface area contributed by atoms with E-state index in [0.29, 0.717) is 60.6 Å². The maximum Gasteiger partial charge on any atom is 0.573 e. The standard InChI is InChI=1S/C27H25F3N6O4/c1-26(13-39-14-26)12-36-23-21(24(31)32-33-25(23)38)22(34-36)17-5-6-19-16(11-17)7-8-35(19)20(37)10-15-3-2-4-18(9-15)40-27(28,29)30/h2-6,9,11H,7-8,10,12-14H2,1H3,(H2,31,32)(H,33,38). The Labute approximate surface area is 225 Å². The van der Waals surface area contributed by atoms with Crippen LogP contribution in [0.15, 0.2) is 47.3 Å². The summed E-state index contributed by atoms with van der Waals surface area (Å²) in [6, 6.07) is 10.9. The van der Waals surface area contributed by atoms with E-state index in [-0.39, 0.29) is 29.3 Å². The third kappa shape index (κ3) is 4.76. The zero-order valence-corrected chi connectivity index (χ0v) is 21.4. The molecule has 4 aromatic rings. The van der Waals surface area contributed by atoms with Crippen LogP contribution in [-0.2, 0) is 28.9 Å². The monoisotopic (exact) mass is 554 g/mol. The van der Waals surface area contributed by atoms with E-state index in [0.717, 1.165) is 11.1 Å². The van der Waals surface area contributed by atoms with Gasteiger partial charge in [-0.25, -0.2) is 5.10 Å². The number of fused-ring (bicyclic) bond motifs is 2. The van der Waals surface area contributed by atoms with Gasteiger partial charge in [-0.2, -0.15) is 10.2 Å². The Morgan fingerprint density at radius 3 is 2.75 bits per heavy atom. The van der Waals surface area contributed by atoms with Gasteiger partial charge in [0.05, 0.1) is 31.6 Å². The Hall–Kier alpha value is -4.39. The lowest BCUT2D eigenvalue weighted by Gasteiger charge is -2.37. The number of nitrogens with zero attached hydrogens (tertiary/aromatic N) is 4. The number of aromatic nitrogens is 4. The van der Waals surface area contributed by atoms with Crippen LogP contribution in [0.25, 0.3) is 22.2 Å². The first-order valence-corrected chi connectivity index (χ1v) is 12.6. The second-order valence-electron chi connectivity index (χ2n) is 10.5. The Morgan fingerprint density at radius 2 is 2.02 bits per heavy atom. The van der Waals surface area contributed by atoms with Gasteiger partial charge in [0.25, 0.3) is 5.56 Å². The molecule has 0 aliphatic carbocycles. The molecule has 2 aromatic heterocycles. The van der Waals surface area contributed by atoms with E-state index in [4.69, 9.17) is 15.6 Å². The summed E-state index contributed by atoms with van der Waals surface area (Å²) in [5.74, 6) is -0.469. The first-order valence-electron chi connectivity index (χ1n) is 12.6. The van der Waals surface area contributed by atoms with Gasteiger partial charge in [-0.05, 0) is 41.8 Å².